The first-order valence-electron chi connectivity index (χ1n) is 11.8. The maximum atomic E-state index is 13.4. The number of para-hydroxylation sites is 2. The third-order valence-corrected chi connectivity index (χ3v) is 6.17. The molecule has 2 unspecified atom stereocenters. The Labute approximate surface area is 185 Å². The van der Waals surface area contributed by atoms with Gasteiger partial charge < -0.3 is 19.7 Å². The molecule has 1 N–H and O–H groups in total. The lowest BCUT2D eigenvalue weighted by molar-refractivity contribution is 0.0424. The van der Waals surface area contributed by atoms with E-state index in [0.29, 0.717) is 18.7 Å². The van der Waals surface area contributed by atoms with Gasteiger partial charge in [-0.1, -0.05) is 62.9 Å². The summed E-state index contributed by atoms with van der Waals surface area (Å²) in [5, 5.41) is 3.60. The number of nitrogens with one attached hydrogen (secondary N) is 1. The van der Waals surface area contributed by atoms with Crippen LogP contribution in [-0.2, 0) is 4.74 Å². The average molecular weight is 423 g/mol. The van der Waals surface area contributed by atoms with Gasteiger partial charge in [0.15, 0.2) is 0 Å². The van der Waals surface area contributed by atoms with Crippen molar-refractivity contribution in [2.45, 2.75) is 64.1 Å². The summed E-state index contributed by atoms with van der Waals surface area (Å²) in [6.45, 7) is 4.28. The Hall–Kier alpha value is -2.53. The predicted octanol–water partition coefficient (Wildman–Crippen LogP) is 5.78. The normalized spacial score (nSPS) is 20.4. The molecular weight excluding hydrogens is 388 g/mol. The lowest BCUT2D eigenvalue weighted by Crippen LogP contribution is -2.46. The zero-order valence-corrected chi connectivity index (χ0v) is 18.5. The van der Waals surface area contributed by atoms with Crippen LogP contribution in [0.3, 0.4) is 0 Å². The minimum absolute atomic E-state index is 0.0456. The van der Waals surface area contributed by atoms with E-state index in [1.54, 1.807) is 0 Å². The molecule has 4 rings (SSSR count). The summed E-state index contributed by atoms with van der Waals surface area (Å²) in [5.74, 6) is 0.893. The Balaban J connectivity index is 1.55. The van der Waals surface area contributed by atoms with Crippen LogP contribution in [0.1, 0.15) is 74.0 Å². The summed E-state index contributed by atoms with van der Waals surface area (Å²) >= 11 is 0. The van der Waals surface area contributed by atoms with Gasteiger partial charge in [-0.3, -0.25) is 4.79 Å². The minimum atomic E-state index is -0.275. The highest BCUT2D eigenvalue weighted by Crippen LogP contribution is 2.37. The first kappa shape index (κ1) is 21.7. The van der Waals surface area contributed by atoms with Gasteiger partial charge in [-0.05, 0) is 37.5 Å². The molecule has 5 nitrogen and oxygen atoms in total. The number of benzene rings is 2. The van der Waals surface area contributed by atoms with Crippen molar-refractivity contribution in [3.8, 4) is 5.75 Å². The number of anilines is 1. The fraction of sp³-hybridized carbons (Fsp3) is 0.500. The zero-order chi connectivity index (χ0) is 21.5. The molecule has 166 valence electrons. The van der Waals surface area contributed by atoms with E-state index < -0.39 is 0 Å². The van der Waals surface area contributed by atoms with E-state index in [2.05, 4.69) is 18.3 Å². The standard InChI is InChI=1S/C26H34N2O3/c1-2-3-4-5-10-17-31-24-16-9-7-14-22(24)25-27-23-15-8-6-13-21(23)26(29)28(25)19-20-12-11-18-30-20/h6-9,13-16,20,25,27H,2-5,10-12,17-19H2,1H3. The fourth-order valence-corrected chi connectivity index (χ4v) is 4.46. The van der Waals surface area contributed by atoms with Crippen LogP contribution >= 0.6 is 0 Å². The number of fused-ring (bicyclic) bond motifs is 1. The topological polar surface area (TPSA) is 50.8 Å². The number of hydrogen-bond acceptors (Lipinski definition) is 4. The van der Waals surface area contributed by atoms with E-state index in [0.717, 1.165) is 42.9 Å². The van der Waals surface area contributed by atoms with Crippen molar-refractivity contribution in [2.75, 3.05) is 25.1 Å². The van der Waals surface area contributed by atoms with Crippen molar-refractivity contribution < 1.29 is 14.3 Å². The average Bonchev–Trinajstić information content (AvgIpc) is 3.32. The monoisotopic (exact) mass is 422 g/mol. The predicted molar refractivity (Wildman–Crippen MR) is 124 cm³/mol. The number of carbonyl (C=O) groups is 1. The molecule has 0 radical (unpaired) electrons. The lowest BCUT2D eigenvalue weighted by Gasteiger charge is -2.39. The first-order valence-corrected chi connectivity index (χ1v) is 11.8. The Kier molecular flexibility index (Phi) is 7.47. The van der Waals surface area contributed by atoms with Crippen molar-refractivity contribution >= 4 is 11.6 Å². The Morgan fingerprint density at radius 3 is 2.71 bits per heavy atom. The molecule has 2 aliphatic rings. The third kappa shape index (κ3) is 5.21. The zero-order valence-electron chi connectivity index (χ0n) is 18.5. The number of nitrogens with zero attached hydrogens (tertiary/aromatic N) is 1. The summed E-state index contributed by atoms with van der Waals surface area (Å²) in [4.78, 5) is 15.4. The Bertz CT molecular complexity index is 863. The molecule has 2 aromatic rings. The van der Waals surface area contributed by atoms with Crippen LogP contribution in [-0.4, -0.2) is 36.7 Å². The Morgan fingerprint density at radius 1 is 1.06 bits per heavy atom. The quantitative estimate of drug-likeness (QED) is 0.493. The summed E-state index contributed by atoms with van der Waals surface area (Å²) in [6.07, 6.45) is 7.88. The largest absolute Gasteiger partial charge is 0.493 e. The Morgan fingerprint density at radius 2 is 1.87 bits per heavy atom. The molecule has 5 heteroatoms. The maximum absolute atomic E-state index is 13.4. The van der Waals surface area contributed by atoms with E-state index in [1.807, 2.05) is 47.4 Å². The molecule has 2 atom stereocenters. The highest BCUT2D eigenvalue weighted by Gasteiger charge is 2.36. The number of rotatable bonds is 10. The van der Waals surface area contributed by atoms with Gasteiger partial charge in [0.2, 0.25) is 0 Å². The molecule has 0 spiro atoms. The van der Waals surface area contributed by atoms with Crippen LogP contribution in [0.5, 0.6) is 5.75 Å². The van der Waals surface area contributed by atoms with Crippen LogP contribution in [0.2, 0.25) is 0 Å². The van der Waals surface area contributed by atoms with Crippen LogP contribution < -0.4 is 10.1 Å². The number of ether oxygens (including phenoxy) is 2. The second-order valence-electron chi connectivity index (χ2n) is 8.49. The van der Waals surface area contributed by atoms with Gasteiger partial charge in [-0.15, -0.1) is 0 Å². The van der Waals surface area contributed by atoms with Crippen molar-refractivity contribution in [3.63, 3.8) is 0 Å². The smallest absolute Gasteiger partial charge is 0.257 e. The second kappa shape index (κ2) is 10.7. The molecule has 0 saturated carbocycles. The van der Waals surface area contributed by atoms with Crippen molar-refractivity contribution in [1.82, 2.24) is 4.90 Å². The van der Waals surface area contributed by atoms with Gasteiger partial charge in [-0.25, -0.2) is 0 Å². The van der Waals surface area contributed by atoms with Gasteiger partial charge in [0.1, 0.15) is 11.9 Å². The van der Waals surface area contributed by atoms with Crippen LogP contribution in [0, 0.1) is 0 Å². The van der Waals surface area contributed by atoms with E-state index >= 15 is 0 Å². The van der Waals surface area contributed by atoms with E-state index in [1.165, 1.54) is 25.7 Å². The van der Waals surface area contributed by atoms with Crippen LogP contribution in [0.25, 0.3) is 0 Å². The first-order chi connectivity index (χ1) is 15.3. The molecule has 1 fully saturated rings. The van der Waals surface area contributed by atoms with Crippen LogP contribution in [0.15, 0.2) is 48.5 Å². The molecule has 0 aromatic heterocycles. The van der Waals surface area contributed by atoms with Gasteiger partial charge in [-0.2, -0.15) is 0 Å². The molecular formula is C26H34N2O3. The number of amides is 1. The maximum Gasteiger partial charge on any atom is 0.257 e. The van der Waals surface area contributed by atoms with Gasteiger partial charge in [0.05, 0.1) is 18.3 Å². The van der Waals surface area contributed by atoms with Crippen LogP contribution in [0.4, 0.5) is 5.69 Å². The molecule has 2 aliphatic heterocycles. The molecule has 2 aromatic carbocycles. The molecule has 1 saturated heterocycles. The lowest BCUT2D eigenvalue weighted by atomic mass is 10.0. The highest BCUT2D eigenvalue weighted by atomic mass is 16.5. The van der Waals surface area contributed by atoms with Gasteiger partial charge >= 0.3 is 0 Å². The number of hydrogen-bond donors (Lipinski definition) is 1. The van der Waals surface area contributed by atoms with E-state index in [9.17, 15) is 4.79 Å². The van der Waals surface area contributed by atoms with Gasteiger partial charge in [0, 0.05) is 24.4 Å². The SMILES string of the molecule is CCCCCCCOc1ccccc1C1Nc2ccccc2C(=O)N1CC1CCCO1. The molecule has 2 heterocycles. The summed E-state index contributed by atoms with van der Waals surface area (Å²) in [5.41, 5.74) is 2.58. The van der Waals surface area contributed by atoms with Crippen molar-refractivity contribution in [3.05, 3.63) is 59.7 Å². The third-order valence-electron chi connectivity index (χ3n) is 6.17. The minimum Gasteiger partial charge on any atom is -0.493 e. The number of unbranched alkanes of at least 4 members (excludes halogenated alkanes) is 4. The summed E-state index contributed by atoms with van der Waals surface area (Å²) in [7, 11) is 0. The summed E-state index contributed by atoms with van der Waals surface area (Å²) < 4.78 is 12.1. The number of carbonyl (C=O) groups excluding carboxylic acids is 1. The summed E-state index contributed by atoms with van der Waals surface area (Å²) in [6, 6.07) is 15.8. The molecule has 0 bridgehead atoms. The van der Waals surface area contributed by atoms with E-state index in [4.69, 9.17) is 9.47 Å². The van der Waals surface area contributed by atoms with Gasteiger partial charge in [0.25, 0.3) is 5.91 Å². The molecule has 31 heavy (non-hydrogen) atoms. The van der Waals surface area contributed by atoms with Crippen molar-refractivity contribution in [1.29, 1.82) is 0 Å². The fourth-order valence-electron chi connectivity index (χ4n) is 4.46. The second-order valence-corrected chi connectivity index (χ2v) is 8.49. The van der Waals surface area contributed by atoms with E-state index in [-0.39, 0.29) is 18.2 Å². The highest BCUT2D eigenvalue weighted by molar-refractivity contribution is 6.01. The molecule has 0 aliphatic carbocycles. The van der Waals surface area contributed by atoms with Crippen molar-refractivity contribution in [2.24, 2.45) is 0 Å². The molecule has 1 amide bonds.